The van der Waals surface area contributed by atoms with Crippen molar-refractivity contribution < 1.29 is 14.6 Å². The summed E-state index contributed by atoms with van der Waals surface area (Å²) in [5.74, 6) is 0.0912. The van der Waals surface area contributed by atoms with E-state index in [-0.39, 0.29) is 11.9 Å². The zero-order valence-corrected chi connectivity index (χ0v) is 8.86. The maximum atomic E-state index is 11.2. The molecule has 0 aliphatic heterocycles. The highest BCUT2D eigenvalue weighted by Crippen LogP contribution is 2.01. The number of nitrogens with zero attached hydrogens (tertiary/aromatic N) is 2. The summed E-state index contributed by atoms with van der Waals surface area (Å²) in [5.41, 5.74) is 0. The monoisotopic (exact) mass is 213 g/mol. The second-order valence-electron chi connectivity index (χ2n) is 3.21. The van der Waals surface area contributed by atoms with Crippen molar-refractivity contribution in [3.63, 3.8) is 0 Å². The summed E-state index contributed by atoms with van der Waals surface area (Å²) in [4.78, 5) is 15.1. The van der Waals surface area contributed by atoms with Crippen LogP contribution < -0.4 is 0 Å². The Morgan fingerprint density at radius 1 is 1.67 bits per heavy atom. The molecular formula is C9H15N3O3. The number of carbonyl (C=O) groups excluding carboxylic acids is 1. The molecule has 1 heterocycles. The second-order valence-corrected chi connectivity index (χ2v) is 3.21. The lowest BCUT2D eigenvalue weighted by Crippen LogP contribution is -2.07. The maximum Gasteiger partial charge on any atom is 0.378 e. The molecule has 15 heavy (non-hydrogen) atoms. The van der Waals surface area contributed by atoms with Crippen LogP contribution in [0.25, 0.3) is 0 Å². The van der Waals surface area contributed by atoms with Gasteiger partial charge >= 0.3 is 5.97 Å². The molecule has 84 valence electrons. The van der Waals surface area contributed by atoms with Gasteiger partial charge in [0.1, 0.15) is 5.82 Å². The minimum absolute atomic E-state index is 0.0393. The van der Waals surface area contributed by atoms with Crippen molar-refractivity contribution in [1.29, 1.82) is 0 Å². The first kappa shape index (κ1) is 11.6. The minimum Gasteiger partial charge on any atom is -0.460 e. The molecule has 1 rings (SSSR count). The summed E-state index contributed by atoms with van der Waals surface area (Å²) in [6.45, 7) is 3.72. The maximum absolute atomic E-state index is 11.2. The molecular weight excluding hydrogens is 198 g/mol. The molecule has 6 nitrogen and oxygen atoms in total. The van der Waals surface area contributed by atoms with E-state index in [0.717, 1.165) is 0 Å². The summed E-state index contributed by atoms with van der Waals surface area (Å²) < 4.78 is 4.73. The number of aliphatic hydroxyl groups excluding tert-OH is 1. The van der Waals surface area contributed by atoms with E-state index in [1.807, 2.05) is 0 Å². The van der Waals surface area contributed by atoms with Crippen LogP contribution in [-0.4, -0.2) is 39.0 Å². The van der Waals surface area contributed by atoms with Crippen LogP contribution in [0.15, 0.2) is 0 Å². The number of H-pyrrole nitrogens is 1. The van der Waals surface area contributed by atoms with Crippen molar-refractivity contribution in [2.24, 2.45) is 0 Å². The molecule has 0 bridgehead atoms. The smallest absolute Gasteiger partial charge is 0.378 e. The number of aromatic amines is 1. The lowest BCUT2D eigenvalue weighted by molar-refractivity contribution is 0.0512. The van der Waals surface area contributed by atoms with Gasteiger partial charge in [0.2, 0.25) is 0 Å². The molecule has 0 fully saturated rings. The van der Waals surface area contributed by atoms with Gasteiger partial charge < -0.3 is 9.84 Å². The van der Waals surface area contributed by atoms with E-state index < -0.39 is 5.97 Å². The second kappa shape index (κ2) is 5.45. The molecule has 0 aliphatic carbocycles. The van der Waals surface area contributed by atoms with Crippen LogP contribution in [0.2, 0.25) is 0 Å². The van der Waals surface area contributed by atoms with Gasteiger partial charge in [-0.25, -0.2) is 9.78 Å². The lowest BCUT2D eigenvalue weighted by Gasteiger charge is -1.99. The molecule has 0 aromatic carbocycles. The van der Waals surface area contributed by atoms with Gasteiger partial charge in [-0.05, 0) is 20.3 Å². The van der Waals surface area contributed by atoms with Gasteiger partial charge in [-0.1, -0.05) is 0 Å². The fraction of sp³-hybridized carbons (Fsp3) is 0.667. The van der Waals surface area contributed by atoms with Crippen LogP contribution in [0.3, 0.4) is 0 Å². The predicted molar refractivity (Wildman–Crippen MR) is 52.3 cm³/mol. The van der Waals surface area contributed by atoms with Crippen molar-refractivity contribution in [3.8, 4) is 0 Å². The van der Waals surface area contributed by atoms with Crippen LogP contribution in [-0.2, 0) is 11.2 Å². The number of aryl methyl sites for hydroxylation is 1. The van der Waals surface area contributed by atoms with E-state index in [1.54, 1.807) is 13.8 Å². The summed E-state index contributed by atoms with van der Waals surface area (Å²) in [6.07, 6.45) is 0.753. The first-order valence-electron chi connectivity index (χ1n) is 4.90. The number of aromatic nitrogens is 3. The Morgan fingerprint density at radius 2 is 2.40 bits per heavy atom. The molecule has 0 aliphatic rings. The number of nitrogens with one attached hydrogen (secondary N) is 1. The number of ether oxygens (including phenoxy) is 1. The number of aliphatic hydroxyl groups is 1. The fourth-order valence-corrected chi connectivity index (χ4v) is 1.04. The number of hydrogen-bond acceptors (Lipinski definition) is 5. The molecule has 1 aromatic rings. The highest BCUT2D eigenvalue weighted by atomic mass is 16.5. The van der Waals surface area contributed by atoms with Gasteiger partial charge in [0.15, 0.2) is 0 Å². The van der Waals surface area contributed by atoms with Crippen LogP contribution in [0, 0.1) is 0 Å². The number of rotatable bonds is 5. The summed E-state index contributed by atoms with van der Waals surface area (Å²) in [7, 11) is 0. The van der Waals surface area contributed by atoms with E-state index in [2.05, 4.69) is 15.2 Å². The number of esters is 1. The molecule has 6 heteroatoms. The zero-order chi connectivity index (χ0) is 11.3. The van der Waals surface area contributed by atoms with Crippen LogP contribution in [0.4, 0.5) is 0 Å². The van der Waals surface area contributed by atoms with E-state index in [4.69, 9.17) is 9.84 Å². The van der Waals surface area contributed by atoms with Crippen LogP contribution in [0.1, 0.15) is 36.7 Å². The average Bonchev–Trinajstić information content (AvgIpc) is 2.63. The Hall–Kier alpha value is -1.43. The van der Waals surface area contributed by atoms with Crippen molar-refractivity contribution in [3.05, 3.63) is 11.6 Å². The largest absolute Gasteiger partial charge is 0.460 e. The van der Waals surface area contributed by atoms with Crippen molar-refractivity contribution in [2.45, 2.75) is 32.8 Å². The molecule has 0 amide bonds. The third-order valence-electron chi connectivity index (χ3n) is 1.79. The first-order valence-corrected chi connectivity index (χ1v) is 4.90. The number of carbonyl (C=O) groups is 1. The lowest BCUT2D eigenvalue weighted by atomic mass is 10.2. The quantitative estimate of drug-likeness (QED) is 0.686. The molecule has 0 saturated carbocycles. The third kappa shape index (κ3) is 3.67. The van der Waals surface area contributed by atoms with E-state index in [9.17, 15) is 4.79 Å². The van der Waals surface area contributed by atoms with Gasteiger partial charge in [0.25, 0.3) is 5.82 Å². The van der Waals surface area contributed by atoms with Crippen molar-refractivity contribution in [1.82, 2.24) is 15.2 Å². The molecule has 1 unspecified atom stereocenters. The van der Waals surface area contributed by atoms with Gasteiger partial charge in [0, 0.05) is 6.42 Å². The number of hydrogen-bond donors (Lipinski definition) is 2. The summed E-state index contributed by atoms with van der Waals surface area (Å²) >= 11 is 0. The van der Waals surface area contributed by atoms with Crippen LogP contribution in [0.5, 0.6) is 0 Å². The van der Waals surface area contributed by atoms with Gasteiger partial charge in [-0.3, -0.25) is 5.10 Å². The van der Waals surface area contributed by atoms with E-state index in [1.165, 1.54) is 0 Å². The van der Waals surface area contributed by atoms with Gasteiger partial charge in [-0.2, -0.15) is 0 Å². The molecule has 2 N–H and O–H groups in total. The standard InChI is InChI=1S/C9H15N3O3/c1-3-15-9(14)8-10-7(11-12-8)5-4-6(2)13/h6,13H,3-5H2,1-2H3,(H,10,11,12). The van der Waals surface area contributed by atoms with Crippen molar-refractivity contribution >= 4 is 5.97 Å². The van der Waals surface area contributed by atoms with Gasteiger partial charge in [0.05, 0.1) is 12.7 Å². The highest BCUT2D eigenvalue weighted by Gasteiger charge is 2.13. The first-order chi connectivity index (χ1) is 7.13. The normalized spacial score (nSPS) is 12.5. The third-order valence-corrected chi connectivity index (χ3v) is 1.79. The van der Waals surface area contributed by atoms with Crippen molar-refractivity contribution in [2.75, 3.05) is 6.61 Å². The van der Waals surface area contributed by atoms with Gasteiger partial charge in [-0.15, -0.1) is 5.10 Å². The topological polar surface area (TPSA) is 88.1 Å². The molecule has 0 spiro atoms. The Morgan fingerprint density at radius 3 is 3.00 bits per heavy atom. The van der Waals surface area contributed by atoms with E-state index >= 15 is 0 Å². The minimum atomic E-state index is -0.531. The summed E-state index contributed by atoms with van der Waals surface area (Å²) in [5, 5.41) is 15.4. The highest BCUT2D eigenvalue weighted by molar-refractivity contribution is 5.84. The fourth-order valence-electron chi connectivity index (χ4n) is 1.04. The summed E-state index contributed by atoms with van der Waals surface area (Å²) in [6, 6.07) is 0. The van der Waals surface area contributed by atoms with Crippen LogP contribution >= 0.6 is 0 Å². The Labute approximate surface area is 87.7 Å². The molecule has 1 atom stereocenters. The SMILES string of the molecule is CCOC(=O)c1n[nH]c(CCC(C)O)n1. The molecule has 0 radical (unpaired) electrons. The average molecular weight is 213 g/mol. The Kier molecular flexibility index (Phi) is 4.23. The predicted octanol–water partition coefficient (Wildman–Crippen LogP) is 0.295. The Balaban J connectivity index is 2.52. The zero-order valence-electron chi connectivity index (χ0n) is 8.86. The van der Waals surface area contributed by atoms with E-state index in [0.29, 0.717) is 25.3 Å². The molecule has 0 saturated heterocycles. The Bertz CT molecular complexity index is 322. The molecule has 1 aromatic heterocycles.